The van der Waals surface area contributed by atoms with Crippen LogP contribution < -0.4 is 4.72 Å². The summed E-state index contributed by atoms with van der Waals surface area (Å²) in [5, 5.41) is 9.16. The Bertz CT molecular complexity index is 682. The Morgan fingerprint density at radius 2 is 2.10 bits per heavy atom. The second-order valence-electron chi connectivity index (χ2n) is 5.51. The van der Waals surface area contributed by atoms with Crippen LogP contribution in [-0.2, 0) is 14.8 Å². The van der Waals surface area contributed by atoms with Crippen LogP contribution >= 0.6 is 11.6 Å². The lowest BCUT2D eigenvalue weighted by molar-refractivity contribution is -0.0965. The van der Waals surface area contributed by atoms with Crippen molar-refractivity contribution in [3.63, 3.8) is 0 Å². The third kappa shape index (κ3) is 3.37. The summed E-state index contributed by atoms with van der Waals surface area (Å²) in [5.41, 5.74) is -0.190. The van der Waals surface area contributed by atoms with Gasteiger partial charge in [-0.3, -0.25) is 0 Å². The van der Waals surface area contributed by atoms with E-state index in [2.05, 4.69) is 4.72 Å². The number of aromatic carboxylic acids is 1. The van der Waals surface area contributed by atoms with E-state index in [1.165, 1.54) is 19.1 Å². The number of hydrogen-bond acceptors (Lipinski definition) is 4. The summed E-state index contributed by atoms with van der Waals surface area (Å²) in [5.74, 6) is -1.22. The van der Waals surface area contributed by atoms with E-state index in [0.29, 0.717) is 13.2 Å². The molecule has 0 aromatic heterocycles. The number of rotatable bonds is 5. The summed E-state index contributed by atoms with van der Waals surface area (Å²) in [7, 11) is -3.83. The lowest BCUT2D eigenvalue weighted by atomic mass is 9.89. The molecule has 0 bridgehead atoms. The monoisotopic (exact) mass is 333 g/mol. The Kier molecular flexibility index (Phi) is 4.30. The quantitative estimate of drug-likeness (QED) is 0.855. The molecule has 0 unspecified atom stereocenters. The zero-order valence-electron chi connectivity index (χ0n) is 11.6. The van der Waals surface area contributed by atoms with Crippen LogP contribution in [0.25, 0.3) is 0 Å². The van der Waals surface area contributed by atoms with Crippen molar-refractivity contribution in [2.24, 2.45) is 5.41 Å². The molecule has 0 amide bonds. The van der Waals surface area contributed by atoms with Crippen LogP contribution in [-0.4, -0.2) is 39.3 Å². The van der Waals surface area contributed by atoms with Gasteiger partial charge in [-0.15, -0.1) is 0 Å². The van der Waals surface area contributed by atoms with Crippen LogP contribution in [0, 0.1) is 12.3 Å². The third-order valence-electron chi connectivity index (χ3n) is 3.43. The molecular weight excluding hydrogens is 318 g/mol. The molecule has 0 aliphatic carbocycles. The second kappa shape index (κ2) is 5.57. The number of sulfonamides is 1. The molecule has 0 spiro atoms. The number of nitrogens with one attached hydrogen (secondary N) is 1. The van der Waals surface area contributed by atoms with Crippen LogP contribution in [0.15, 0.2) is 17.0 Å². The van der Waals surface area contributed by atoms with E-state index in [1.807, 2.05) is 6.92 Å². The Balaban J connectivity index is 2.33. The van der Waals surface area contributed by atoms with E-state index in [1.54, 1.807) is 0 Å². The highest BCUT2D eigenvalue weighted by atomic mass is 35.5. The lowest BCUT2D eigenvalue weighted by Crippen LogP contribution is -2.48. The second-order valence-corrected chi connectivity index (χ2v) is 7.68. The molecule has 2 rings (SSSR count). The molecule has 1 aromatic carbocycles. The fourth-order valence-electron chi connectivity index (χ4n) is 2.05. The smallest absolute Gasteiger partial charge is 0.336 e. The Morgan fingerprint density at radius 3 is 2.57 bits per heavy atom. The molecule has 1 fully saturated rings. The van der Waals surface area contributed by atoms with Gasteiger partial charge >= 0.3 is 5.97 Å². The van der Waals surface area contributed by atoms with Gasteiger partial charge in [0.15, 0.2) is 0 Å². The first-order valence-corrected chi connectivity index (χ1v) is 8.12. The minimum atomic E-state index is -3.83. The van der Waals surface area contributed by atoms with E-state index in [-0.39, 0.29) is 33.0 Å². The van der Waals surface area contributed by atoms with Gasteiger partial charge in [0.05, 0.1) is 23.7 Å². The number of halogens is 1. The van der Waals surface area contributed by atoms with Gasteiger partial charge in [0.25, 0.3) is 0 Å². The first-order chi connectivity index (χ1) is 9.65. The lowest BCUT2D eigenvalue weighted by Gasteiger charge is -2.37. The summed E-state index contributed by atoms with van der Waals surface area (Å²) in [6, 6.07) is 2.49. The van der Waals surface area contributed by atoms with Crippen LogP contribution in [0.5, 0.6) is 0 Å². The summed E-state index contributed by atoms with van der Waals surface area (Å²) in [6.45, 7) is 4.56. The van der Waals surface area contributed by atoms with Crippen molar-refractivity contribution in [1.82, 2.24) is 4.72 Å². The minimum absolute atomic E-state index is 0.0663. The number of carbonyl (C=O) groups is 1. The molecule has 116 valence electrons. The highest BCUT2D eigenvalue weighted by Gasteiger charge is 2.35. The SMILES string of the molecule is Cc1c(C(=O)O)cc(Cl)cc1S(=O)(=O)NCC1(C)COC1. The van der Waals surface area contributed by atoms with E-state index in [9.17, 15) is 13.2 Å². The number of ether oxygens (including phenoxy) is 1. The molecule has 0 atom stereocenters. The summed E-state index contributed by atoms with van der Waals surface area (Å²) in [6.07, 6.45) is 0. The Hall–Kier alpha value is -1.15. The molecule has 0 saturated carbocycles. The van der Waals surface area contributed by atoms with E-state index < -0.39 is 16.0 Å². The predicted molar refractivity (Wildman–Crippen MR) is 77.3 cm³/mol. The van der Waals surface area contributed by atoms with Gasteiger partial charge in [0, 0.05) is 17.0 Å². The average Bonchev–Trinajstić information content (AvgIpc) is 2.36. The van der Waals surface area contributed by atoms with Crippen LogP contribution in [0.1, 0.15) is 22.8 Å². The number of hydrogen-bond donors (Lipinski definition) is 2. The molecule has 1 aromatic rings. The van der Waals surface area contributed by atoms with Crippen molar-refractivity contribution in [3.05, 3.63) is 28.3 Å². The Labute approximate surface area is 128 Å². The highest BCUT2D eigenvalue weighted by molar-refractivity contribution is 7.89. The molecule has 1 heterocycles. The maximum Gasteiger partial charge on any atom is 0.336 e. The first kappa shape index (κ1) is 16.2. The van der Waals surface area contributed by atoms with Gasteiger partial charge in [0.2, 0.25) is 10.0 Å². The molecule has 1 aliphatic rings. The van der Waals surface area contributed by atoms with E-state index >= 15 is 0 Å². The molecule has 1 aliphatic heterocycles. The molecule has 6 nitrogen and oxygen atoms in total. The van der Waals surface area contributed by atoms with Gasteiger partial charge in [-0.1, -0.05) is 18.5 Å². The topological polar surface area (TPSA) is 92.7 Å². The van der Waals surface area contributed by atoms with Crippen molar-refractivity contribution in [2.75, 3.05) is 19.8 Å². The van der Waals surface area contributed by atoms with Gasteiger partial charge in [-0.25, -0.2) is 17.9 Å². The molecule has 8 heteroatoms. The molecule has 0 radical (unpaired) electrons. The zero-order chi connectivity index (χ0) is 15.8. The number of carboxylic acid groups (broad SMARTS) is 1. The van der Waals surface area contributed by atoms with Crippen molar-refractivity contribution in [1.29, 1.82) is 0 Å². The van der Waals surface area contributed by atoms with E-state index in [4.69, 9.17) is 21.4 Å². The fourth-order valence-corrected chi connectivity index (χ4v) is 3.83. The maximum absolute atomic E-state index is 12.4. The van der Waals surface area contributed by atoms with Crippen LogP contribution in [0.2, 0.25) is 5.02 Å². The molecule has 2 N–H and O–H groups in total. The normalized spacial score (nSPS) is 17.3. The predicted octanol–water partition coefficient (Wildman–Crippen LogP) is 1.66. The zero-order valence-corrected chi connectivity index (χ0v) is 13.2. The van der Waals surface area contributed by atoms with Crippen LogP contribution in [0.3, 0.4) is 0 Å². The van der Waals surface area contributed by atoms with Gasteiger partial charge < -0.3 is 9.84 Å². The highest BCUT2D eigenvalue weighted by Crippen LogP contribution is 2.28. The fraction of sp³-hybridized carbons (Fsp3) is 0.462. The standard InChI is InChI=1S/C13H16ClNO5S/c1-8-10(12(16)17)3-9(14)4-11(8)21(18,19)15-5-13(2)6-20-7-13/h3-4,15H,5-7H2,1-2H3,(H,16,17). The van der Waals surface area contributed by atoms with E-state index in [0.717, 1.165) is 0 Å². The molecular formula is C13H16ClNO5S. The van der Waals surface area contributed by atoms with Crippen molar-refractivity contribution >= 4 is 27.6 Å². The minimum Gasteiger partial charge on any atom is -0.478 e. The Morgan fingerprint density at radius 1 is 1.48 bits per heavy atom. The molecule has 1 saturated heterocycles. The molecule has 21 heavy (non-hydrogen) atoms. The average molecular weight is 334 g/mol. The summed E-state index contributed by atoms with van der Waals surface area (Å²) in [4.78, 5) is 11.0. The van der Waals surface area contributed by atoms with Gasteiger partial charge in [-0.2, -0.15) is 0 Å². The van der Waals surface area contributed by atoms with Crippen LogP contribution in [0.4, 0.5) is 0 Å². The number of benzene rings is 1. The van der Waals surface area contributed by atoms with Crippen molar-refractivity contribution in [2.45, 2.75) is 18.7 Å². The maximum atomic E-state index is 12.4. The largest absolute Gasteiger partial charge is 0.478 e. The van der Waals surface area contributed by atoms with Crippen molar-refractivity contribution < 1.29 is 23.1 Å². The third-order valence-corrected chi connectivity index (χ3v) is 5.18. The van der Waals surface area contributed by atoms with Crippen molar-refractivity contribution in [3.8, 4) is 0 Å². The summed E-state index contributed by atoms with van der Waals surface area (Å²) >= 11 is 5.83. The first-order valence-electron chi connectivity index (χ1n) is 6.25. The van der Waals surface area contributed by atoms with Gasteiger partial charge in [-0.05, 0) is 24.6 Å². The number of carboxylic acids is 1. The summed E-state index contributed by atoms with van der Waals surface area (Å²) < 4.78 is 32.3. The van der Waals surface area contributed by atoms with Gasteiger partial charge in [0.1, 0.15) is 0 Å².